The molecule has 0 heterocycles. The fourth-order valence-corrected chi connectivity index (χ4v) is 4.02. The number of alkyl halides is 3. The van der Waals surface area contributed by atoms with Gasteiger partial charge >= 0.3 is 6.18 Å². The summed E-state index contributed by atoms with van der Waals surface area (Å²) < 4.78 is 54.8. The second-order valence-corrected chi connectivity index (χ2v) is 9.59. The summed E-state index contributed by atoms with van der Waals surface area (Å²) in [5.74, 6) is -1.45. The summed E-state index contributed by atoms with van der Waals surface area (Å²) in [5.41, 5.74) is 5.62. The highest BCUT2D eigenvalue weighted by atomic mass is 19.4. The van der Waals surface area contributed by atoms with Crippen molar-refractivity contribution in [2.75, 3.05) is 17.2 Å². The SMILES string of the molecule is C=C(/C=C(\Nc1cccc(C(=N)N)c1)C(=O)Nc1cc(C(NCC2CC2)c2ccccc2)ccc1F)C(F)(F)F.CC. The largest absolute Gasteiger partial charge is 0.415 e. The third-order valence-electron chi connectivity index (χ3n) is 6.39. The molecule has 0 bridgehead atoms. The minimum atomic E-state index is -4.80. The van der Waals surface area contributed by atoms with Crippen LogP contribution in [0.2, 0.25) is 0 Å². The molecule has 1 fully saturated rings. The number of carbonyl (C=O) groups excluding carboxylic acids is 1. The molecule has 1 unspecified atom stereocenters. The summed E-state index contributed by atoms with van der Waals surface area (Å²) in [6, 6.07) is 19.5. The fourth-order valence-electron chi connectivity index (χ4n) is 4.02. The highest BCUT2D eigenvalue weighted by Crippen LogP contribution is 2.32. The first-order valence-corrected chi connectivity index (χ1v) is 13.6. The highest BCUT2D eigenvalue weighted by Gasteiger charge is 2.31. The Kier molecular flexibility index (Phi) is 11.0. The molecule has 1 aliphatic carbocycles. The van der Waals surface area contributed by atoms with E-state index in [0.717, 1.165) is 24.9 Å². The number of rotatable bonds is 11. The number of nitrogens with one attached hydrogen (secondary N) is 4. The zero-order valence-electron chi connectivity index (χ0n) is 23.5. The molecule has 222 valence electrons. The van der Waals surface area contributed by atoms with Gasteiger partial charge < -0.3 is 21.7 Å². The van der Waals surface area contributed by atoms with E-state index in [-0.39, 0.29) is 23.3 Å². The molecule has 6 N–H and O–H groups in total. The number of carbonyl (C=O) groups is 1. The first-order chi connectivity index (χ1) is 20.0. The number of amidine groups is 1. The molecule has 6 nitrogen and oxygen atoms in total. The Bertz CT molecular complexity index is 1430. The molecule has 1 amide bonds. The molecule has 1 saturated carbocycles. The van der Waals surface area contributed by atoms with Gasteiger partial charge in [0.15, 0.2) is 0 Å². The van der Waals surface area contributed by atoms with E-state index in [1.807, 2.05) is 44.2 Å². The van der Waals surface area contributed by atoms with Gasteiger partial charge in [-0.2, -0.15) is 13.2 Å². The Balaban J connectivity index is 0.00000237. The number of benzene rings is 3. The van der Waals surface area contributed by atoms with Crippen molar-refractivity contribution in [2.45, 2.75) is 38.9 Å². The predicted molar refractivity (Wildman–Crippen MR) is 160 cm³/mol. The Morgan fingerprint density at radius 2 is 1.71 bits per heavy atom. The number of nitrogen functional groups attached to an aromatic ring is 1. The van der Waals surface area contributed by atoms with Gasteiger partial charge in [-0.15, -0.1) is 0 Å². The molecule has 4 rings (SSSR count). The zero-order valence-corrected chi connectivity index (χ0v) is 23.5. The second kappa shape index (κ2) is 14.5. The van der Waals surface area contributed by atoms with Crippen LogP contribution in [-0.4, -0.2) is 24.5 Å². The van der Waals surface area contributed by atoms with E-state index in [4.69, 9.17) is 11.1 Å². The number of halogens is 4. The topological polar surface area (TPSA) is 103 Å². The minimum absolute atomic E-state index is 0.195. The van der Waals surface area contributed by atoms with E-state index in [0.29, 0.717) is 23.1 Å². The molecule has 42 heavy (non-hydrogen) atoms. The molecule has 0 aliphatic heterocycles. The second-order valence-electron chi connectivity index (χ2n) is 9.59. The minimum Gasteiger partial charge on any atom is -0.384 e. The van der Waals surface area contributed by atoms with Crippen LogP contribution >= 0.6 is 0 Å². The third kappa shape index (κ3) is 9.04. The van der Waals surface area contributed by atoms with E-state index in [9.17, 15) is 22.4 Å². The van der Waals surface area contributed by atoms with Crippen LogP contribution in [0.4, 0.5) is 28.9 Å². The maximum Gasteiger partial charge on any atom is 0.415 e. The molecule has 0 radical (unpaired) electrons. The van der Waals surface area contributed by atoms with Gasteiger partial charge in [0.25, 0.3) is 5.91 Å². The molecule has 10 heteroatoms. The van der Waals surface area contributed by atoms with Gasteiger partial charge in [0, 0.05) is 11.3 Å². The molecule has 3 aromatic rings. The van der Waals surface area contributed by atoms with Crippen LogP contribution in [0, 0.1) is 17.1 Å². The van der Waals surface area contributed by atoms with Gasteiger partial charge in [-0.1, -0.05) is 69.0 Å². The summed E-state index contributed by atoms with van der Waals surface area (Å²) in [7, 11) is 0. The maximum absolute atomic E-state index is 14.9. The van der Waals surface area contributed by atoms with Gasteiger partial charge in [-0.05, 0) is 66.8 Å². The van der Waals surface area contributed by atoms with Crippen LogP contribution < -0.4 is 21.7 Å². The van der Waals surface area contributed by atoms with Gasteiger partial charge in [0.05, 0.1) is 17.3 Å². The summed E-state index contributed by atoms with van der Waals surface area (Å²) in [6.07, 6.45) is -1.98. The first-order valence-electron chi connectivity index (χ1n) is 13.6. The smallest absolute Gasteiger partial charge is 0.384 e. The van der Waals surface area contributed by atoms with Gasteiger partial charge in [0.2, 0.25) is 0 Å². The number of nitrogens with two attached hydrogens (primary N) is 1. The van der Waals surface area contributed by atoms with Crippen molar-refractivity contribution in [3.8, 4) is 0 Å². The van der Waals surface area contributed by atoms with Gasteiger partial charge in [0.1, 0.15) is 17.3 Å². The Labute approximate surface area is 243 Å². The molecular formula is C32H35F4N5O. The van der Waals surface area contributed by atoms with Crippen molar-refractivity contribution < 1.29 is 22.4 Å². The van der Waals surface area contributed by atoms with Crippen LogP contribution in [0.25, 0.3) is 0 Å². The fraction of sp³-hybridized carbons (Fsp3) is 0.250. The summed E-state index contributed by atoms with van der Waals surface area (Å²) in [4.78, 5) is 13.2. The highest BCUT2D eigenvalue weighted by molar-refractivity contribution is 6.06. The predicted octanol–water partition coefficient (Wildman–Crippen LogP) is 7.28. The van der Waals surface area contributed by atoms with Crippen molar-refractivity contribution in [3.05, 3.63) is 119 Å². The molecule has 0 aromatic heterocycles. The van der Waals surface area contributed by atoms with Crippen LogP contribution in [-0.2, 0) is 4.79 Å². The van der Waals surface area contributed by atoms with Gasteiger partial charge in [-0.3, -0.25) is 10.2 Å². The first kappa shape index (κ1) is 32.1. The molecule has 0 spiro atoms. The Morgan fingerprint density at radius 3 is 2.33 bits per heavy atom. The molecule has 1 atom stereocenters. The van der Waals surface area contributed by atoms with E-state index in [1.54, 1.807) is 6.07 Å². The number of amides is 1. The normalized spacial score (nSPS) is 13.8. The van der Waals surface area contributed by atoms with Crippen LogP contribution in [0.5, 0.6) is 0 Å². The van der Waals surface area contributed by atoms with E-state index in [1.165, 1.54) is 36.4 Å². The van der Waals surface area contributed by atoms with Crippen molar-refractivity contribution in [2.24, 2.45) is 11.7 Å². The van der Waals surface area contributed by atoms with E-state index in [2.05, 4.69) is 22.5 Å². The quantitative estimate of drug-likeness (QED) is 0.0540. The van der Waals surface area contributed by atoms with Crippen molar-refractivity contribution in [3.63, 3.8) is 0 Å². The average Bonchev–Trinajstić information content (AvgIpc) is 3.80. The lowest BCUT2D eigenvalue weighted by Gasteiger charge is -2.21. The lowest BCUT2D eigenvalue weighted by Crippen LogP contribution is -2.25. The van der Waals surface area contributed by atoms with Gasteiger partial charge in [-0.25, -0.2) is 4.39 Å². The standard InChI is InChI=1S/C30H29F4N5O.C2H6/c1-18(30(32,33)34)14-26(38-23-9-5-8-22(15-23)28(35)36)29(40)39-25-16-21(12-13-24(25)31)27(37-17-19-10-11-19)20-6-3-2-4-7-20;1-2/h2-9,12-16,19,27,37-38H,1,10-11,17H2,(H3,35,36)(H,39,40);1-2H3/b26-14-;. The maximum atomic E-state index is 14.9. The molecule has 3 aromatic carbocycles. The summed E-state index contributed by atoms with van der Waals surface area (Å²) >= 11 is 0. The number of hydrogen-bond acceptors (Lipinski definition) is 4. The average molecular weight is 582 g/mol. The van der Waals surface area contributed by atoms with E-state index >= 15 is 0 Å². The molecular weight excluding hydrogens is 546 g/mol. The Morgan fingerprint density at radius 1 is 1.02 bits per heavy atom. The molecule has 0 saturated heterocycles. The lowest BCUT2D eigenvalue weighted by molar-refractivity contribution is -0.112. The Hall–Kier alpha value is -4.44. The third-order valence-corrected chi connectivity index (χ3v) is 6.39. The molecule has 1 aliphatic rings. The van der Waals surface area contributed by atoms with E-state index < -0.39 is 29.2 Å². The summed E-state index contributed by atoms with van der Waals surface area (Å²) in [6.45, 7) is 7.79. The van der Waals surface area contributed by atoms with Crippen LogP contribution in [0.3, 0.4) is 0 Å². The summed E-state index contributed by atoms with van der Waals surface area (Å²) in [5, 5.41) is 16.1. The van der Waals surface area contributed by atoms with Crippen molar-refractivity contribution in [1.82, 2.24) is 5.32 Å². The zero-order chi connectivity index (χ0) is 30.9. The number of anilines is 2. The van der Waals surface area contributed by atoms with Crippen molar-refractivity contribution >= 4 is 23.1 Å². The monoisotopic (exact) mass is 581 g/mol. The van der Waals surface area contributed by atoms with Crippen LogP contribution in [0.15, 0.2) is 96.7 Å². The van der Waals surface area contributed by atoms with Crippen molar-refractivity contribution in [1.29, 1.82) is 5.41 Å². The van der Waals surface area contributed by atoms with Crippen LogP contribution in [0.1, 0.15) is 49.4 Å². The number of hydrogen-bond donors (Lipinski definition) is 5. The number of allylic oxidation sites excluding steroid dienone is 2. The lowest BCUT2D eigenvalue weighted by atomic mass is 9.97.